The van der Waals surface area contributed by atoms with E-state index in [2.05, 4.69) is 9.97 Å². The molecule has 1 amide bonds. The highest BCUT2D eigenvalue weighted by Gasteiger charge is 2.50. The number of carbonyl (C=O) groups excluding carboxylic acids is 1. The molecule has 1 saturated heterocycles. The molecule has 28 heavy (non-hydrogen) atoms. The van der Waals surface area contributed by atoms with Gasteiger partial charge in [0.2, 0.25) is 0 Å². The Kier molecular flexibility index (Phi) is 5.89. The van der Waals surface area contributed by atoms with Gasteiger partial charge in [0.15, 0.2) is 5.69 Å². The van der Waals surface area contributed by atoms with Crippen molar-refractivity contribution in [1.29, 1.82) is 0 Å². The zero-order valence-electron chi connectivity index (χ0n) is 15.4. The average molecular weight is 385 g/mol. The first-order valence-corrected chi connectivity index (χ1v) is 9.22. The van der Waals surface area contributed by atoms with Crippen LogP contribution in [0.3, 0.4) is 0 Å². The Morgan fingerprint density at radius 2 is 2.04 bits per heavy atom. The normalized spacial score (nSPS) is 22.0. The van der Waals surface area contributed by atoms with Crippen molar-refractivity contribution in [3.63, 3.8) is 0 Å². The third-order valence-corrected chi connectivity index (χ3v) is 5.34. The van der Waals surface area contributed by atoms with Gasteiger partial charge in [0.25, 0.3) is 11.5 Å². The van der Waals surface area contributed by atoms with Crippen LogP contribution in [0.5, 0.6) is 0 Å². The molecule has 0 aliphatic carbocycles. The van der Waals surface area contributed by atoms with E-state index in [1.807, 2.05) is 30.3 Å². The molecule has 1 fully saturated rings. The molecule has 2 atom stereocenters. The van der Waals surface area contributed by atoms with E-state index in [-0.39, 0.29) is 31.6 Å². The zero-order valence-corrected chi connectivity index (χ0v) is 15.4. The molecule has 3 N–H and O–H groups in total. The maximum atomic E-state index is 12.7. The van der Waals surface area contributed by atoms with Crippen molar-refractivity contribution in [2.24, 2.45) is 5.41 Å². The van der Waals surface area contributed by atoms with Crippen LogP contribution in [0.15, 0.2) is 47.5 Å². The minimum Gasteiger partial charge on any atom is -0.481 e. The Balaban J connectivity index is 1.77. The first-order chi connectivity index (χ1) is 13.4. The second kappa shape index (κ2) is 8.35. The van der Waals surface area contributed by atoms with E-state index in [4.69, 9.17) is 0 Å². The quantitative estimate of drug-likeness (QED) is 0.683. The largest absolute Gasteiger partial charge is 0.481 e. The van der Waals surface area contributed by atoms with Crippen LogP contribution < -0.4 is 5.56 Å². The summed E-state index contributed by atoms with van der Waals surface area (Å²) in [6.45, 7) is 0.0108. The standard InChI is InChI=1S/C20H23N3O5/c24-15-8-12-23(18(26)16-17(25)22-11-10-21-16)13-20(15,19(27)28)9-4-7-14-5-2-1-3-6-14/h1-3,5-6,10-11,15,24H,4,7-9,12-13H2,(H,22,25)(H,27,28)/t15-,20-/m1/s1. The SMILES string of the molecule is O=C(c1ncc[nH]c1=O)N1CC[C@@H](O)[C@](CCCc2ccccc2)(C(=O)O)C1. The third kappa shape index (κ3) is 3.96. The fourth-order valence-electron chi connectivity index (χ4n) is 3.72. The lowest BCUT2D eigenvalue weighted by molar-refractivity contribution is -0.162. The van der Waals surface area contributed by atoms with Gasteiger partial charge in [-0.05, 0) is 31.2 Å². The van der Waals surface area contributed by atoms with E-state index >= 15 is 0 Å². The number of carboxylic acid groups (broad SMARTS) is 1. The van der Waals surface area contributed by atoms with Gasteiger partial charge in [0, 0.05) is 25.5 Å². The second-order valence-electron chi connectivity index (χ2n) is 7.10. The highest BCUT2D eigenvalue weighted by molar-refractivity contribution is 5.92. The molecule has 0 bridgehead atoms. The van der Waals surface area contributed by atoms with Crippen molar-refractivity contribution in [3.8, 4) is 0 Å². The van der Waals surface area contributed by atoms with Crippen molar-refractivity contribution in [2.75, 3.05) is 13.1 Å². The molecule has 0 saturated carbocycles. The molecule has 1 aromatic carbocycles. The third-order valence-electron chi connectivity index (χ3n) is 5.34. The van der Waals surface area contributed by atoms with Gasteiger partial charge in [0.05, 0.1) is 6.10 Å². The Bertz CT molecular complexity index is 898. The van der Waals surface area contributed by atoms with Gasteiger partial charge >= 0.3 is 5.97 Å². The number of amides is 1. The number of benzene rings is 1. The maximum Gasteiger partial charge on any atom is 0.314 e. The number of nitrogens with one attached hydrogen (secondary N) is 1. The molecular formula is C20H23N3O5. The molecule has 0 spiro atoms. The van der Waals surface area contributed by atoms with Gasteiger partial charge in [-0.2, -0.15) is 0 Å². The molecule has 2 aromatic rings. The van der Waals surface area contributed by atoms with Crippen molar-refractivity contribution in [3.05, 3.63) is 64.3 Å². The van der Waals surface area contributed by atoms with Crippen LogP contribution in [0, 0.1) is 5.41 Å². The summed E-state index contributed by atoms with van der Waals surface area (Å²) in [7, 11) is 0. The summed E-state index contributed by atoms with van der Waals surface area (Å²) in [4.78, 5) is 44.2. The smallest absolute Gasteiger partial charge is 0.314 e. The van der Waals surface area contributed by atoms with E-state index in [9.17, 15) is 24.6 Å². The molecule has 0 radical (unpaired) electrons. The van der Waals surface area contributed by atoms with Gasteiger partial charge in [-0.3, -0.25) is 14.4 Å². The lowest BCUT2D eigenvalue weighted by atomic mass is 9.73. The van der Waals surface area contributed by atoms with Crippen LogP contribution in [-0.2, 0) is 11.2 Å². The summed E-state index contributed by atoms with van der Waals surface area (Å²) in [5.74, 6) is -1.76. The molecule has 3 rings (SSSR count). The summed E-state index contributed by atoms with van der Waals surface area (Å²) in [6.07, 6.45) is 3.15. The van der Waals surface area contributed by atoms with Crippen molar-refractivity contribution in [1.82, 2.24) is 14.9 Å². The summed E-state index contributed by atoms with van der Waals surface area (Å²) >= 11 is 0. The van der Waals surface area contributed by atoms with Gasteiger partial charge in [-0.25, -0.2) is 4.98 Å². The number of H-pyrrole nitrogens is 1. The fourth-order valence-corrected chi connectivity index (χ4v) is 3.72. The van der Waals surface area contributed by atoms with Crippen LogP contribution in [0.4, 0.5) is 0 Å². The number of aryl methyl sites for hydroxylation is 1. The number of likely N-dealkylation sites (tertiary alicyclic amines) is 1. The number of nitrogens with zero attached hydrogens (tertiary/aromatic N) is 2. The molecule has 1 aliphatic heterocycles. The molecule has 148 valence electrons. The molecular weight excluding hydrogens is 362 g/mol. The predicted molar refractivity (Wildman–Crippen MR) is 101 cm³/mol. The van der Waals surface area contributed by atoms with Crippen molar-refractivity contribution < 1.29 is 19.8 Å². The number of aromatic nitrogens is 2. The number of aliphatic hydroxyl groups is 1. The molecule has 1 aromatic heterocycles. The molecule has 0 unspecified atom stereocenters. The number of aliphatic hydroxyl groups excluding tert-OH is 1. The molecule has 1 aliphatic rings. The number of hydrogen-bond donors (Lipinski definition) is 3. The predicted octanol–water partition coefficient (Wildman–Crippen LogP) is 1.07. The number of hydrogen-bond acceptors (Lipinski definition) is 5. The summed E-state index contributed by atoms with van der Waals surface area (Å²) in [6, 6.07) is 9.68. The first kappa shape index (κ1) is 19.8. The van der Waals surface area contributed by atoms with Gasteiger partial charge in [0.1, 0.15) is 5.41 Å². The number of carboxylic acids is 1. The Morgan fingerprint density at radius 1 is 1.29 bits per heavy atom. The Labute approximate surface area is 161 Å². The first-order valence-electron chi connectivity index (χ1n) is 9.22. The summed E-state index contributed by atoms with van der Waals surface area (Å²) in [5, 5.41) is 20.4. The monoisotopic (exact) mass is 385 g/mol. The van der Waals surface area contributed by atoms with E-state index < -0.39 is 29.0 Å². The number of aromatic amines is 1. The van der Waals surface area contributed by atoms with Crippen molar-refractivity contribution >= 4 is 11.9 Å². The van der Waals surface area contributed by atoms with E-state index in [1.54, 1.807) is 0 Å². The lowest BCUT2D eigenvalue weighted by Crippen LogP contribution is -2.57. The number of piperidine rings is 1. The Morgan fingerprint density at radius 3 is 2.71 bits per heavy atom. The minimum absolute atomic E-state index is 0.133. The number of carbonyl (C=O) groups is 2. The summed E-state index contributed by atoms with van der Waals surface area (Å²) < 4.78 is 0. The fraction of sp³-hybridized carbons (Fsp3) is 0.400. The number of rotatable bonds is 6. The molecule has 8 heteroatoms. The van der Waals surface area contributed by atoms with Gasteiger partial charge in [-0.15, -0.1) is 0 Å². The van der Waals surface area contributed by atoms with E-state index in [0.29, 0.717) is 12.8 Å². The highest BCUT2D eigenvalue weighted by Crippen LogP contribution is 2.36. The molecule has 8 nitrogen and oxygen atoms in total. The van der Waals surface area contributed by atoms with Crippen LogP contribution >= 0.6 is 0 Å². The van der Waals surface area contributed by atoms with E-state index in [0.717, 1.165) is 5.56 Å². The maximum absolute atomic E-state index is 12.7. The molecule has 2 heterocycles. The van der Waals surface area contributed by atoms with Crippen LogP contribution in [0.2, 0.25) is 0 Å². The Hall–Kier alpha value is -3.00. The van der Waals surface area contributed by atoms with Crippen LogP contribution in [-0.4, -0.2) is 56.2 Å². The van der Waals surface area contributed by atoms with Crippen LogP contribution in [0.1, 0.15) is 35.3 Å². The van der Waals surface area contributed by atoms with Gasteiger partial charge < -0.3 is 20.1 Å². The highest BCUT2D eigenvalue weighted by atomic mass is 16.4. The zero-order chi connectivity index (χ0) is 20.1. The van der Waals surface area contributed by atoms with Crippen LogP contribution in [0.25, 0.3) is 0 Å². The number of aliphatic carboxylic acids is 1. The lowest BCUT2D eigenvalue weighted by Gasteiger charge is -2.43. The summed E-state index contributed by atoms with van der Waals surface area (Å²) in [5.41, 5.74) is -1.28. The van der Waals surface area contributed by atoms with Crippen molar-refractivity contribution in [2.45, 2.75) is 31.8 Å². The second-order valence-corrected chi connectivity index (χ2v) is 7.10. The minimum atomic E-state index is -1.47. The topological polar surface area (TPSA) is 124 Å². The van der Waals surface area contributed by atoms with E-state index in [1.165, 1.54) is 17.3 Å². The van der Waals surface area contributed by atoms with Gasteiger partial charge in [-0.1, -0.05) is 30.3 Å². The average Bonchev–Trinajstić information content (AvgIpc) is 2.70.